The summed E-state index contributed by atoms with van der Waals surface area (Å²) >= 11 is 0. The molecule has 0 N–H and O–H groups in total. The first-order chi connectivity index (χ1) is 11.5. The van der Waals surface area contributed by atoms with Crippen molar-refractivity contribution in [3.05, 3.63) is 54.1 Å². The highest BCUT2D eigenvalue weighted by atomic mass is 32.2. The maximum Gasteiger partial charge on any atom is 0.276 e. The second-order valence-electron chi connectivity index (χ2n) is 5.20. The fourth-order valence-electron chi connectivity index (χ4n) is 2.26. The van der Waals surface area contributed by atoms with Crippen LogP contribution >= 0.6 is 0 Å². The van der Waals surface area contributed by atoms with Crippen LogP contribution in [-0.4, -0.2) is 29.5 Å². The van der Waals surface area contributed by atoms with Crippen molar-refractivity contribution in [1.82, 2.24) is 14.5 Å². The van der Waals surface area contributed by atoms with E-state index in [0.717, 1.165) is 5.56 Å². The Morgan fingerprint density at radius 1 is 1.17 bits per heavy atom. The Morgan fingerprint density at radius 3 is 2.54 bits per heavy atom. The van der Waals surface area contributed by atoms with Gasteiger partial charge in [-0.1, -0.05) is 37.3 Å². The summed E-state index contributed by atoms with van der Waals surface area (Å²) in [6.07, 6.45) is 1.30. The Balaban J connectivity index is 1.87. The van der Waals surface area contributed by atoms with Crippen LogP contribution in [0.3, 0.4) is 0 Å². The van der Waals surface area contributed by atoms with E-state index in [4.69, 9.17) is 8.83 Å². The quantitative estimate of drug-likeness (QED) is 0.681. The van der Waals surface area contributed by atoms with Gasteiger partial charge in [0.15, 0.2) is 0 Å². The van der Waals surface area contributed by atoms with Crippen LogP contribution in [-0.2, 0) is 16.6 Å². The molecule has 0 saturated heterocycles. The molecule has 8 heteroatoms. The average molecular weight is 347 g/mol. The molecule has 0 aliphatic heterocycles. The smallest absolute Gasteiger partial charge is 0.276 e. The molecule has 2 heterocycles. The van der Waals surface area contributed by atoms with E-state index in [1.165, 1.54) is 16.6 Å². The second-order valence-corrected chi connectivity index (χ2v) is 7.07. The van der Waals surface area contributed by atoms with E-state index in [9.17, 15) is 8.42 Å². The van der Waals surface area contributed by atoms with E-state index in [0.29, 0.717) is 18.0 Å². The number of aromatic nitrogens is 2. The Labute approximate surface area is 140 Å². The van der Waals surface area contributed by atoms with Crippen LogP contribution in [0.4, 0.5) is 0 Å². The number of nitrogens with zero attached hydrogens (tertiary/aromatic N) is 3. The van der Waals surface area contributed by atoms with Gasteiger partial charge in [0.1, 0.15) is 6.26 Å². The lowest BCUT2D eigenvalue weighted by atomic mass is 10.2. The van der Waals surface area contributed by atoms with E-state index in [-0.39, 0.29) is 17.5 Å². The summed E-state index contributed by atoms with van der Waals surface area (Å²) in [5.74, 6) is 0.624. The first-order valence-electron chi connectivity index (χ1n) is 7.44. The van der Waals surface area contributed by atoms with Gasteiger partial charge in [-0.3, -0.25) is 0 Å². The zero-order valence-corrected chi connectivity index (χ0v) is 14.2. The number of rotatable bonds is 6. The minimum Gasteiger partial charge on any atom is -0.451 e. The van der Waals surface area contributed by atoms with Crippen LogP contribution in [0.25, 0.3) is 11.5 Å². The Bertz CT molecular complexity index is 916. The van der Waals surface area contributed by atoms with Crippen LogP contribution in [0.2, 0.25) is 0 Å². The zero-order chi connectivity index (χ0) is 17.2. The molecule has 0 radical (unpaired) electrons. The molecule has 0 unspecified atom stereocenters. The molecular weight excluding hydrogens is 330 g/mol. The molecular formula is C16H17N3O4S. The molecule has 2 aromatic heterocycles. The van der Waals surface area contributed by atoms with E-state index >= 15 is 0 Å². The minimum absolute atomic E-state index is 0.147. The standard InChI is InChI=1S/C16H17N3O4S/c1-3-19(10-13-7-5-4-6-8-13)24(20,21)15-9-14(11-22-15)16-18-17-12(2)23-16/h4-9,11H,3,10H2,1-2H3. The van der Waals surface area contributed by atoms with E-state index in [1.54, 1.807) is 13.8 Å². The molecule has 0 amide bonds. The molecule has 0 aliphatic rings. The van der Waals surface area contributed by atoms with Crippen LogP contribution in [0, 0.1) is 6.92 Å². The lowest BCUT2D eigenvalue weighted by molar-refractivity contribution is 0.385. The Hall–Kier alpha value is -2.45. The molecule has 0 bridgehead atoms. The van der Waals surface area contributed by atoms with Gasteiger partial charge in [0.05, 0.1) is 5.56 Å². The van der Waals surface area contributed by atoms with Crippen LogP contribution < -0.4 is 0 Å². The lowest BCUT2D eigenvalue weighted by Gasteiger charge is -2.18. The monoisotopic (exact) mass is 347 g/mol. The first-order valence-corrected chi connectivity index (χ1v) is 8.88. The maximum atomic E-state index is 12.8. The van der Waals surface area contributed by atoms with Crippen molar-refractivity contribution in [2.45, 2.75) is 25.5 Å². The van der Waals surface area contributed by atoms with Gasteiger partial charge in [0.2, 0.25) is 11.0 Å². The van der Waals surface area contributed by atoms with Gasteiger partial charge in [-0.25, -0.2) is 8.42 Å². The van der Waals surface area contributed by atoms with E-state index in [2.05, 4.69) is 10.2 Å². The summed E-state index contributed by atoms with van der Waals surface area (Å²) in [7, 11) is -3.75. The van der Waals surface area contributed by atoms with Crippen molar-refractivity contribution < 1.29 is 17.3 Å². The van der Waals surface area contributed by atoms with Gasteiger partial charge in [-0.05, 0) is 5.56 Å². The molecule has 0 spiro atoms. The van der Waals surface area contributed by atoms with Gasteiger partial charge >= 0.3 is 0 Å². The molecule has 0 atom stereocenters. The predicted octanol–water partition coefficient (Wildman–Crippen LogP) is 2.85. The molecule has 24 heavy (non-hydrogen) atoms. The van der Waals surface area contributed by atoms with Crippen LogP contribution in [0.1, 0.15) is 18.4 Å². The summed E-state index contributed by atoms with van der Waals surface area (Å²) in [6, 6.07) is 10.8. The third kappa shape index (κ3) is 3.24. The third-order valence-electron chi connectivity index (χ3n) is 3.50. The number of hydrogen-bond acceptors (Lipinski definition) is 6. The molecule has 3 aromatic rings. The number of benzene rings is 1. The molecule has 0 fully saturated rings. The highest BCUT2D eigenvalue weighted by molar-refractivity contribution is 7.89. The van der Waals surface area contributed by atoms with Crippen molar-refractivity contribution in [1.29, 1.82) is 0 Å². The fraction of sp³-hybridized carbons (Fsp3) is 0.250. The van der Waals surface area contributed by atoms with Crippen LogP contribution in [0.5, 0.6) is 0 Å². The van der Waals surface area contributed by atoms with Crippen molar-refractivity contribution in [3.8, 4) is 11.5 Å². The SMILES string of the molecule is CCN(Cc1ccccc1)S(=O)(=O)c1cc(-c2nnc(C)o2)co1. The van der Waals surface area contributed by atoms with Crippen molar-refractivity contribution in [2.75, 3.05) is 6.54 Å². The summed E-state index contributed by atoms with van der Waals surface area (Å²) in [5, 5.41) is 7.44. The number of sulfonamides is 1. The largest absolute Gasteiger partial charge is 0.451 e. The van der Waals surface area contributed by atoms with Crippen molar-refractivity contribution >= 4 is 10.0 Å². The third-order valence-corrected chi connectivity index (χ3v) is 5.29. The normalized spacial score (nSPS) is 12.0. The summed E-state index contributed by atoms with van der Waals surface area (Å²) < 4.78 is 37.5. The van der Waals surface area contributed by atoms with Crippen molar-refractivity contribution in [3.63, 3.8) is 0 Å². The Kier molecular flexibility index (Phi) is 4.50. The summed E-state index contributed by atoms with van der Waals surface area (Å²) in [4.78, 5) is 0. The average Bonchev–Trinajstić information content (AvgIpc) is 3.22. The predicted molar refractivity (Wildman–Crippen MR) is 86.4 cm³/mol. The van der Waals surface area contributed by atoms with Gasteiger partial charge < -0.3 is 8.83 Å². The summed E-state index contributed by atoms with van der Waals surface area (Å²) in [6.45, 7) is 4.04. The van der Waals surface area contributed by atoms with Crippen LogP contribution in [0.15, 0.2) is 56.6 Å². The first kappa shape index (κ1) is 16.4. The molecule has 1 aromatic carbocycles. The number of furan rings is 1. The van der Waals surface area contributed by atoms with Gasteiger partial charge in [-0.2, -0.15) is 4.31 Å². The van der Waals surface area contributed by atoms with E-state index < -0.39 is 10.0 Å². The maximum absolute atomic E-state index is 12.8. The molecule has 0 aliphatic carbocycles. The topological polar surface area (TPSA) is 89.4 Å². The second kappa shape index (κ2) is 6.58. The number of aryl methyl sites for hydroxylation is 1. The molecule has 3 rings (SSSR count). The highest BCUT2D eigenvalue weighted by Gasteiger charge is 2.27. The molecule has 0 saturated carbocycles. The van der Waals surface area contributed by atoms with E-state index in [1.807, 2.05) is 30.3 Å². The summed E-state index contributed by atoms with van der Waals surface area (Å²) in [5.41, 5.74) is 1.34. The minimum atomic E-state index is -3.75. The number of hydrogen-bond donors (Lipinski definition) is 0. The Morgan fingerprint density at radius 2 is 1.92 bits per heavy atom. The lowest BCUT2D eigenvalue weighted by Crippen LogP contribution is -2.30. The van der Waals surface area contributed by atoms with Crippen molar-refractivity contribution in [2.24, 2.45) is 0 Å². The zero-order valence-electron chi connectivity index (χ0n) is 13.3. The molecule has 126 valence electrons. The highest BCUT2D eigenvalue weighted by Crippen LogP contribution is 2.26. The van der Waals surface area contributed by atoms with Gasteiger partial charge in [-0.15, -0.1) is 10.2 Å². The van der Waals surface area contributed by atoms with Gasteiger partial charge in [0, 0.05) is 26.1 Å². The molecule has 7 nitrogen and oxygen atoms in total. The van der Waals surface area contributed by atoms with Gasteiger partial charge in [0.25, 0.3) is 15.9 Å². The fourth-order valence-corrected chi connectivity index (χ4v) is 3.62.